The lowest BCUT2D eigenvalue weighted by Crippen LogP contribution is -2.23. The normalized spacial score (nSPS) is 10.5. The summed E-state index contributed by atoms with van der Waals surface area (Å²) < 4.78 is 20.1. The summed E-state index contributed by atoms with van der Waals surface area (Å²) in [7, 11) is 0. The minimum atomic E-state index is -0.358. The number of ether oxygens (including phenoxy) is 1. The first-order valence-corrected chi connectivity index (χ1v) is 9.17. The fourth-order valence-electron chi connectivity index (χ4n) is 2.15. The number of thiazole rings is 1. The zero-order valence-electron chi connectivity index (χ0n) is 13.0. The molecule has 0 bridgehead atoms. The first-order chi connectivity index (χ1) is 12.1. The van der Waals surface area contributed by atoms with E-state index in [-0.39, 0.29) is 18.3 Å². The molecule has 128 valence electrons. The Balaban J connectivity index is 1.61. The fraction of sp³-hybridized carbons (Fsp3) is 0.111. The van der Waals surface area contributed by atoms with E-state index in [0.29, 0.717) is 23.5 Å². The second-order valence-electron chi connectivity index (χ2n) is 5.21. The van der Waals surface area contributed by atoms with Gasteiger partial charge in [0.15, 0.2) is 0 Å². The first-order valence-electron chi connectivity index (χ1n) is 7.44. The molecule has 1 aromatic heterocycles. The number of hydrogen-bond acceptors (Lipinski definition) is 4. The third-order valence-electron chi connectivity index (χ3n) is 3.41. The van der Waals surface area contributed by atoms with Crippen molar-refractivity contribution in [3.63, 3.8) is 0 Å². The maximum Gasteiger partial charge on any atom is 0.251 e. The van der Waals surface area contributed by atoms with Gasteiger partial charge in [-0.3, -0.25) is 4.79 Å². The van der Waals surface area contributed by atoms with E-state index in [4.69, 9.17) is 4.74 Å². The van der Waals surface area contributed by atoms with Crippen LogP contribution in [0.25, 0.3) is 0 Å². The van der Waals surface area contributed by atoms with Gasteiger partial charge in [0, 0.05) is 27.5 Å². The van der Waals surface area contributed by atoms with E-state index in [2.05, 4.69) is 26.2 Å². The summed E-state index contributed by atoms with van der Waals surface area (Å²) in [5.74, 6) is -0.0726. The number of aromatic nitrogens is 1. The highest BCUT2D eigenvalue weighted by Gasteiger charge is 2.09. The van der Waals surface area contributed by atoms with Crippen molar-refractivity contribution in [1.29, 1.82) is 0 Å². The lowest BCUT2D eigenvalue weighted by atomic mass is 10.1. The van der Waals surface area contributed by atoms with E-state index in [9.17, 15) is 9.18 Å². The van der Waals surface area contributed by atoms with Crippen LogP contribution < -0.4 is 10.1 Å². The van der Waals surface area contributed by atoms with Gasteiger partial charge in [-0.25, -0.2) is 9.37 Å². The number of rotatable bonds is 6. The highest BCUT2D eigenvalue weighted by Crippen LogP contribution is 2.17. The van der Waals surface area contributed by atoms with Crippen LogP contribution in [0.3, 0.4) is 0 Å². The standard InChI is InChI=1S/C18H14BrFN2O2S/c19-14-4-5-17(20)13(6-14)8-21-18(23)12-2-1-3-16(7-12)24-9-15-10-25-11-22-15/h1-7,10-11H,8-9H2,(H,21,23). The number of nitrogens with zero attached hydrogens (tertiary/aromatic N) is 1. The topological polar surface area (TPSA) is 51.2 Å². The molecule has 0 saturated carbocycles. The van der Waals surface area contributed by atoms with Crippen LogP contribution in [0.4, 0.5) is 4.39 Å². The molecule has 0 aliphatic rings. The highest BCUT2D eigenvalue weighted by atomic mass is 79.9. The van der Waals surface area contributed by atoms with E-state index in [1.165, 1.54) is 17.4 Å². The maximum absolute atomic E-state index is 13.7. The molecule has 0 aliphatic heterocycles. The summed E-state index contributed by atoms with van der Waals surface area (Å²) in [4.78, 5) is 16.4. The molecule has 0 unspecified atom stereocenters. The Hall–Kier alpha value is -2.25. The van der Waals surface area contributed by atoms with Crippen LogP contribution in [0.2, 0.25) is 0 Å². The summed E-state index contributed by atoms with van der Waals surface area (Å²) in [5.41, 5.74) is 3.44. The van der Waals surface area contributed by atoms with Crippen LogP contribution in [0.1, 0.15) is 21.6 Å². The van der Waals surface area contributed by atoms with Gasteiger partial charge in [-0.2, -0.15) is 0 Å². The lowest BCUT2D eigenvalue weighted by Gasteiger charge is -2.09. The zero-order chi connectivity index (χ0) is 17.6. The van der Waals surface area contributed by atoms with Gasteiger partial charge in [0.2, 0.25) is 0 Å². The fourth-order valence-corrected chi connectivity index (χ4v) is 3.10. The molecule has 7 heteroatoms. The molecule has 3 aromatic rings. The lowest BCUT2D eigenvalue weighted by molar-refractivity contribution is 0.0950. The molecule has 3 rings (SSSR count). The van der Waals surface area contributed by atoms with Crippen molar-refractivity contribution < 1.29 is 13.9 Å². The number of nitrogens with one attached hydrogen (secondary N) is 1. The van der Waals surface area contributed by atoms with Gasteiger partial charge in [0.1, 0.15) is 18.2 Å². The van der Waals surface area contributed by atoms with Crippen LogP contribution in [-0.4, -0.2) is 10.9 Å². The Bertz CT molecular complexity index is 871. The Labute approximate surface area is 156 Å². The van der Waals surface area contributed by atoms with Crippen molar-refractivity contribution in [2.75, 3.05) is 0 Å². The Morgan fingerprint density at radius 3 is 2.96 bits per heavy atom. The van der Waals surface area contributed by atoms with E-state index in [1.807, 2.05) is 5.38 Å². The molecule has 0 atom stereocenters. The molecule has 4 nitrogen and oxygen atoms in total. The van der Waals surface area contributed by atoms with Crippen LogP contribution in [0, 0.1) is 5.82 Å². The van der Waals surface area contributed by atoms with Crippen LogP contribution in [-0.2, 0) is 13.2 Å². The summed E-state index contributed by atoms with van der Waals surface area (Å²) in [6, 6.07) is 11.5. The molecule has 1 heterocycles. The molecule has 0 spiro atoms. The van der Waals surface area contributed by atoms with Crippen molar-refractivity contribution in [3.05, 3.63) is 80.5 Å². The van der Waals surface area contributed by atoms with Crippen molar-refractivity contribution in [2.45, 2.75) is 13.2 Å². The molecule has 0 aliphatic carbocycles. The van der Waals surface area contributed by atoms with E-state index in [0.717, 1.165) is 10.2 Å². The Morgan fingerprint density at radius 2 is 2.16 bits per heavy atom. The van der Waals surface area contributed by atoms with Gasteiger partial charge in [0.25, 0.3) is 5.91 Å². The molecule has 0 fully saturated rings. The maximum atomic E-state index is 13.7. The second kappa shape index (κ2) is 8.22. The van der Waals surface area contributed by atoms with Crippen molar-refractivity contribution in [2.24, 2.45) is 0 Å². The number of halogens is 2. The van der Waals surface area contributed by atoms with Crippen molar-refractivity contribution in [1.82, 2.24) is 10.3 Å². The summed E-state index contributed by atoms with van der Waals surface area (Å²) in [5, 5.41) is 4.62. The number of amides is 1. The Morgan fingerprint density at radius 1 is 1.28 bits per heavy atom. The number of hydrogen-bond donors (Lipinski definition) is 1. The molecular formula is C18H14BrFN2O2S. The van der Waals surface area contributed by atoms with Crippen molar-refractivity contribution >= 4 is 33.2 Å². The minimum absolute atomic E-state index is 0.105. The minimum Gasteiger partial charge on any atom is -0.487 e. The van der Waals surface area contributed by atoms with E-state index < -0.39 is 0 Å². The number of carbonyl (C=O) groups is 1. The monoisotopic (exact) mass is 420 g/mol. The van der Waals surface area contributed by atoms with Crippen LogP contribution >= 0.6 is 27.3 Å². The smallest absolute Gasteiger partial charge is 0.251 e. The molecular weight excluding hydrogens is 407 g/mol. The Kier molecular flexibility index (Phi) is 5.78. The quantitative estimate of drug-likeness (QED) is 0.635. The predicted octanol–water partition coefficient (Wildman–Crippen LogP) is 4.55. The molecule has 0 radical (unpaired) electrons. The molecule has 1 amide bonds. The predicted molar refractivity (Wildman–Crippen MR) is 98.2 cm³/mol. The SMILES string of the molecule is O=C(NCc1cc(Br)ccc1F)c1cccc(OCc2cscn2)c1. The van der Waals surface area contributed by atoms with Gasteiger partial charge in [0.05, 0.1) is 11.2 Å². The van der Waals surface area contributed by atoms with Gasteiger partial charge in [-0.1, -0.05) is 22.0 Å². The van der Waals surface area contributed by atoms with Gasteiger partial charge < -0.3 is 10.1 Å². The zero-order valence-corrected chi connectivity index (χ0v) is 15.4. The summed E-state index contributed by atoms with van der Waals surface area (Å²) in [6.45, 7) is 0.450. The van der Waals surface area contributed by atoms with Gasteiger partial charge in [-0.05, 0) is 36.4 Å². The summed E-state index contributed by atoms with van der Waals surface area (Å²) >= 11 is 4.79. The molecule has 0 saturated heterocycles. The third-order valence-corrected chi connectivity index (χ3v) is 4.54. The molecule has 25 heavy (non-hydrogen) atoms. The van der Waals surface area contributed by atoms with Crippen LogP contribution in [0.5, 0.6) is 5.75 Å². The van der Waals surface area contributed by atoms with Crippen LogP contribution in [0.15, 0.2) is 57.8 Å². The molecule has 2 aromatic carbocycles. The van der Waals surface area contributed by atoms with Gasteiger partial charge >= 0.3 is 0 Å². The second-order valence-corrected chi connectivity index (χ2v) is 6.85. The van der Waals surface area contributed by atoms with Gasteiger partial charge in [-0.15, -0.1) is 11.3 Å². The molecule has 1 N–H and O–H groups in total. The number of carbonyl (C=O) groups excluding carboxylic acids is 1. The average molecular weight is 421 g/mol. The summed E-state index contributed by atoms with van der Waals surface area (Å²) in [6.07, 6.45) is 0. The first kappa shape index (κ1) is 17.6. The highest BCUT2D eigenvalue weighted by molar-refractivity contribution is 9.10. The van der Waals surface area contributed by atoms with Crippen molar-refractivity contribution in [3.8, 4) is 5.75 Å². The van der Waals surface area contributed by atoms with E-state index >= 15 is 0 Å². The number of benzene rings is 2. The largest absolute Gasteiger partial charge is 0.487 e. The average Bonchev–Trinajstić information content (AvgIpc) is 3.14. The third kappa shape index (κ3) is 4.87. The van der Waals surface area contributed by atoms with E-state index in [1.54, 1.807) is 41.9 Å².